The highest BCUT2D eigenvalue weighted by molar-refractivity contribution is 5.09. The van der Waals surface area contributed by atoms with E-state index in [1.54, 1.807) is 6.07 Å². The lowest BCUT2D eigenvalue weighted by atomic mass is 10.3. The molecule has 1 aliphatic carbocycles. The monoisotopic (exact) mass is 236 g/mol. The summed E-state index contributed by atoms with van der Waals surface area (Å²) in [6.45, 7) is 4.48. The molecule has 2 aliphatic rings. The molecule has 2 N–H and O–H groups in total. The summed E-state index contributed by atoms with van der Waals surface area (Å²) in [5.74, 6) is 1.39. The number of hydrogen-bond donors (Lipinski definition) is 2. The Morgan fingerprint density at radius 2 is 2.18 bits per heavy atom. The molecule has 1 saturated heterocycles. The van der Waals surface area contributed by atoms with E-state index in [1.807, 2.05) is 0 Å². The quantitative estimate of drug-likeness (QED) is 0.712. The summed E-state index contributed by atoms with van der Waals surface area (Å²) < 4.78 is 5.32. The van der Waals surface area contributed by atoms with Gasteiger partial charge in [-0.2, -0.15) is 0 Å². The number of nitrogens with one attached hydrogen (secondary N) is 2. The Labute approximate surface area is 99.8 Å². The van der Waals surface area contributed by atoms with E-state index >= 15 is 0 Å². The predicted molar refractivity (Wildman–Crippen MR) is 62.1 cm³/mol. The van der Waals surface area contributed by atoms with Crippen molar-refractivity contribution in [2.24, 2.45) is 0 Å². The van der Waals surface area contributed by atoms with E-state index in [-0.39, 0.29) is 5.56 Å². The zero-order valence-corrected chi connectivity index (χ0v) is 9.87. The molecule has 1 saturated carbocycles. The maximum absolute atomic E-state index is 11.6. The van der Waals surface area contributed by atoms with Crippen LogP contribution in [0.15, 0.2) is 10.9 Å². The van der Waals surface area contributed by atoms with Crippen molar-refractivity contribution in [3.05, 3.63) is 27.9 Å². The molecule has 0 amide bonds. The van der Waals surface area contributed by atoms with E-state index in [2.05, 4.69) is 9.97 Å². The van der Waals surface area contributed by atoms with Crippen LogP contribution in [0.1, 0.15) is 30.3 Å². The number of rotatable bonds is 3. The van der Waals surface area contributed by atoms with Gasteiger partial charge >= 0.3 is 0 Å². The predicted octanol–water partition coefficient (Wildman–Crippen LogP) is -0.938. The molecule has 3 rings (SSSR count). The van der Waals surface area contributed by atoms with Gasteiger partial charge in [0.1, 0.15) is 31.2 Å². The van der Waals surface area contributed by atoms with E-state index < -0.39 is 0 Å². The van der Waals surface area contributed by atoms with Gasteiger partial charge in [-0.1, -0.05) is 0 Å². The summed E-state index contributed by atoms with van der Waals surface area (Å²) >= 11 is 0. The van der Waals surface area contributed by atoms with Gasteiger partial charge < -0.3 is 14.6 Å². The average Bonchev–Trinajstić information content (AvgIpc) is 3.13. The molecule has 1 aromatic heterocycles. The van der Waals surface area contributed by atoms with Crippen molar-refractivity contribution in [2.75, 3.05) is 26.3 Å². The van der Waals surface area contributed by atoms with Crippen molar-refractivity contribution in [1.82, 2.24) is 9.97 Å². The molecule has 0 bridgehead atoms. The number of morpholine rings is 1. The van der Waals surface area contributed by atoms with Crippen LogP contribution >= 0.6 is 0 Å². The molecule has 0 atom stereocenters. The number of aromatic amines is 1. The molecule has 0 radical (unpaired) electrons. The van der Waals surface area contributed by atoms with E-state index in [1.165, 1.54) is 4.90 Å². The highest BCUT2D eigenvalue weighted by atomic mass is 16.5. The molecular formula is C12H18N3O2+. The Kier molecular flexibility index (Phi) is 2.94. The van der Waals surface area contributed by atoms with Crippen molar-refractivity contribution in [1.29, 1.82) is 0 Å². The molecule has 0 spiro atoms. The summed E-state index contributed by atoms with van der Waals surface area (Å²) in [6.07, 6.45) is 2.33. The Balaban J connectivity index is 1.74. The van der Waals surface area contributed by atoms with Gasteiger partial charge in [0.2, 0.25) is 0 Å². The van der Waals surface area contributed by atoms with Gasteiger partial charge in [0, 0.05) is 12.0 Å². The molecule has 2 fully saturated rings. The smallest absolute Gasteiger partial charge is 0.251 e. The van der Waals surface area contributed by atoms with Gasteiger partial charge in [0.25, 0.3) is 5.56 Å². The van der Waals surface area contributed by atoms with Crippen molar-refractivity contribution >= 4 is 0 Å². The molecule has 92 valence electrons. The summed E-state index contributed by atoms with van der Waals surface area (Å²) in [5.41, 5.74) is 0.914. The normalized spacial score (nSPS) is 21.6. The maximum atomic E-state index is 11.6. The molecule has 1 aromatic rings. The van der Waals surface area contributed by atoms with Gasteiger partial charge in [-0.15, -0.1) is 0 Å². The zero-order valence-electron chi connectivity index (χ0n) is 9.87. The maximum Gasteiger partial charge on any atom is 0.251 e. The number of nitrogens with zero attached hydrogens (tertiary/aromatic N) is 1. The van der Waals surface area contributed by atoms with Crippen molar-refractivity contribution < 1.29 is 9.64 Å². The first-order valence-corrected chi connectivity index (χ1v) is 6.33. The second-order valence-corrected chi connectivity index (χ2v) is 4.94. The van der Waals surface area contributed by atoms with Crippen molar-refractivity contribution in [2.45, 2.75) is 25.3 Å². The fraction of sp³-hybridized carbons (Fsp3) is 0.667. The summed E-state index contributed by atoms with van der Waals surface area (Å²) in [4.78, 5) is 20.4. The number of aromatic nitrogens is 2. The number of hydrogen-bond acceptors (Lipinski definition) is 3. The van der Waals surface area contributed by atoms with Crippen LogP contribution < -0.4 is 10.5 Å². The highest BCUT2D eigenvalue weighted by Gasteiger charge is 2.27. The van der Waals surface area contributed by atoms with Crippen molar-refractivity contribution in [3.63, 3.8) is 0 Å². The minimum absolute atomic E-state index is 0.00967. The Morgan fingerprint density at radius 1 is 1.41 bits per heavy atom. The topological polar surface area (TPSA) is 59.4 Å². The molecule has 5 heteroatoms. The van der Waals surface area contributed by atoms with Gasteiger partial charge in [0.05, 0.1) is 13.2 Å². The van der Waals surface area contributed by atoms with Crippen LogP contribution in [-0.4, -0.2) is 36.3 Å². The van der Waals surface area contributed by atoms with Crippen molar-refractivity contribution in [3.8, 4) is 0 Å². The minimum Gasteiger partial charge on any atom is -0.370 e. The van der Waals surface area contributed by atoms with Gasteiger partial charge in [-0.3, -0.25) is 4.79 Å². The summed E-state index contributed by atoms with van der Waals surface area (Å²) in [5, 5.41) is 0. The van der Waals surface area contributed by atoms with Gasteiger partial charge in [0.15, 0.2) is 0 Å². The standard InChI is InChI=1S/C12H17N3O2/c16-11-7-10(8-15-3-5-17-6-4-15)13-12(14-11)9-1-2-9/h7,9H,1-6,8H2,(H,13,14,16)/p+1. The zero-order chi connectivity index (χ0) is 11.7. The number of H-pyrrole nitrogens is 1. The minimum atomic E-state index is -0.00967. The van der Waals surface area contributed by atoms with E-state index in [9.17, 15) is 4.79 Å². The SMILES string of the molecule is O=c1cc(C[NH+]2CCOCC2)nc(C2CC2)[nH]1. The van der Waals surface area contributed by atoms with Crippen LogP contribution in [0, 0.1) is 0 Å². The Hall–Kier alpha value is -1.20. The number of ether oxygens (including phenoxy) is 1. The van der Waals surface area contributed by atoms with Gasteiger partial charge in [-0.05, 0) is 12.8 Å². The number of quaternary nitrogens is 1. The van der Waals surface area contributed by atoms with Gasteiger partial charge in [-0.25, -0.2) is 4.98 Å². The Bertz CT molecular complexity index is 447. The lowest BCUT2D eigenvalue weighted by Gasteiger charge is -2.23. The summed E-state index contributed by atoms with van der Waals surface area (Å²) in [6, 6.07) is 1.63. The largest absolute Gasteiger partial charge is 0.370 e. The highest BCUT2D eigenvalue weighted by Crippen LogP contribution is 2.37. The fourth-order valence-corrected chi connectivity index (χ4v) is 2.26. The lowest BCUT2D eigenvalue weighted by Crippen LogP contribution is -3.12. The molecule has 5 nitrogen and oxygen atoms in total. The van der Waals surface area contributed by atoms with Crippen LogP contribution in [0.2, 0.25) is 0 Å². The van der Waals surface area contributed by atoms with Crippen LogP contribution in [0.4, 0.5) is 0 Å². The third kappa shape index (κ3) is 2.73. The summed E-state index contributed by atoms with van der Waals surface area (Å²) in [7, 11) is 0. The van der Waals surface area contributed by atoms with Crippen LogP contribution in [-0.2, 0) is 11.3 Å². The molecule has 2 heterocycles. The van der Waals surface area contributed by atoms with E-state index in [4.69, 9.17) is 4.74 Å². The molecular weight excluding hydrogens is 218 g/mol. The molecule has 1 aliphatic heterocycles. The third-order valence-corrected chi connectivity index (χ3v) is 3.41. The van der Waals surface area contributed by atoms with Crippen LogP contribution in [0.25, 0.3) is 0 Å². The first kappa shape index (κ1) is 10.9. The van der Waals surface area contributed by atoms with Crippen LogP contribution in [0.3, 0.4) is 0 Å². The molecule has 0 aromatic carbocycles. The lowest BCUT2D eigenvalue weighted by molar-refractivity contribution is -0.921. The second-order valence-electron chi connectivity index (χ2n) is 4.94. The van der Waals surface area contributed by atoms with E-state index in [0.29, 0.717) is 5.92 Å². The first-order valence-electron chi connectivity index (χ1n) is 6.33. The van der Waals surface area contributed by atoms with Crippen LogP contribution in [0.5, 0.6) is 0 Å². The first-order chi connectivity index (χ1) is 8.31. The molecule has 17 heavy (non-hydrogen) atoms. The Morgan fingerprint density at radius 3 is 2.88 bits per heavy atom. The van der Waals surface area contributed by atoms with E-state index in [0.717, 1.165) is 57.2 Å². The second kappa shape index (κ2) is 4.58. The fourth-order valence-electron chi connectivity index (χ4n) is 2.26. The third-order valence-electron chi connectivity index (χ3n) is 3.41. The average molecular weight is 236 g/mol. The molecule has 0 unspecified atom stereocenters.